The summed E-state index contributed by atoms with van der Waals surface area (Å²) in [4.78, 5) is 25.6. The molecule has 0 bridgehead atoms. The van der Waals surface area contributed by atoms with Crippen LogP contribution in [0, 0.1) is 0 Å². The van der Waals surface area contributed by atoms with Gasteiger partial charge < -0.3 is 5.73 Å². The lowest BCUT2D eigenvalue weighted by atomic mass is 10.2. The lowest BCUT2D eigenvalue weighted by Crippen LogP contribution is -2.21. The Kier molecular flexibility index (Phi) is 2.51. The molecule has 80 valence electrons. The van der Waals surface area contributed by atoms with Crippen LogP contribution in [0.1, 0.15) is 10.4 Å². The predicted molar refractivity (Wildman–Crippen MR) is 59.6 cm³/mol. The fourth-order valence-corrected chi connectivity index (χ4v) is 1.33. The van der Waals surface area contributed by atoms with Gasteiger partial charge in [0.15, 0.2) is 0 Å². The first kappa shape index (κ1) is 10.1. The predicted octanol–water partition coefficient (Wildman–Crippen LogP) is 0.627. The smallest absolute Gasteiger partial charge is 0.354 e. The molecule has 1 aromatic carbocycles. The van der Waals surface area contributed by atoms with Crippen molar-refractivity contribution in [3.8, 4) is 5.69 Å². The first-order valence-corrected chi connectivity index (χ1v) is 4.61. The summed E-state index contributed by atoms with van der Waals surface area (Å²) in [5.74, 6) is 0.186. The highest BCUT2D eigenvalue weighted by atomic mass is 16.1. The first-order chi connectivity index (χ1) is 7.70. The lowest BCUT2D eigenvalue weighted by Gasteiger charge is -2.04. The number of nitrogen functional groups attached to an aromatic ring is 1. The largest absolute Gasteiger partial charge is 0.383 e. The Morgan fingerprint density at radius 3 is 2.44 bits per heavy atom. The van der Waals surface area contributed by atoms with E-state index >= 15 is 0 Å². The molecule has 0 fully saturated rings. The quantitative estimate of drug-likeness (QED) is 0.745. The number of carbonyl (C=O) groups excluding carboxylic acids is 1. The average molecular weight is 215 g/mol. The molecule has 0 aliphatic rings. The third kappa shape index (κ3) is 1.83. The molecule has 5 heteroatoms. The van der Waals surface area contributed by atoms with Crippen molar-refractivity contribution in [1.82, 2.24) is 9.55 Å². The van der Waals surface area contributed by atoms with Crippen LogP contribution in [0.2, 0.25) is 0 Å². The number of aromatic nitrogens is 2. The number of benzene rings is 1. The van der Waals surface area contributed by atoms with Gasteiger partial charge in [-0.1, -0.05) is 0 Å². The van der Waals surface area contributed by atoms with Crippen molar-refractivity contribution in [1.29, 1.82) is 0 Å². The molecular formula is C11H9N3O2. The molecule has 0 spiro atoms. The number of hydrogen-bond acceptors (Lipinski definition) is 4. The topological polar surface area (TPSA) is 78.0 Å². The Hall–Kier alpha value is -2.43. The van der Waals surface area contributed by atoms with Crippen LogP contribution < -0.4 is 11.4 Å². The Morgan fingerprint density at radius 2 is 1.88 bits per heavy atom. The molecule has 2 rings (SSSR count). The van der Waals surface area contributed by atoms with E-state index in [1.807, 2.05) is 0 Å². The molecule has 0 aliphatic heterocycles. The van der Waals surface area contributed by atoms with E-state index in [0.717, 1.165) is 6.29 Å². The Bertz CT molecular complexity index is 573. The van der Waals surface area contributed by atoms with Crippen LogP contribution in [0.3, 0.4) is 0 Å². The van der Waals surface area contributed by atoms with Crippen molar-refractivity contribution in [2.45, 2.75) is 0 Å². The molecule has 0 saturated carbocycles. The normalized spacial score (nSPS) is 10.0. The Morgan fingerprint density at radius 1 is 1.19 bits per heavy atom. The third-order valence-corrected chi connectivity index (χ3v) is 2.13. The van der Waals surface area contributed by atoms with E-state index in [1.54, 1.807) is 30.5 Å². The first-order valence-electron chi connectivity index (χ1n) is 4.61. The minimum atomic E-state index is -0.446. The molecule has 0 saturated heterocycles. The third-order valence-electron chi connectivity index (χ3n) is 2.13. The van der Waals surface area contributed by atoms with Gasteiger partial charge in [-0.2, -0.15) is 4.98 Å². The van der Waals surface area contributed by atoms with Crippen LogP contribution in [0.15, 0.2) is 41.3 Å². The van der Waals surface area contributed by atoms with Gasteiger partial charge in [0.1, 0.15) is 12.1 Å². The molecule has 0 atom stereocenters. The highest BCUT2D eigenvalue weighted by Gasteiger charge is 2.00. The number of carbonyl (C=O) groups is 1. The zero-order valence-electron chi connectivity index (χ0n) is 8.33. The number of rotatable bonds is 2. The van der Waals surface area contributed by atoms with Crippen LogP contribution in [0.5, 0.6) is 0 Å². The van der Waals surface area contributed by atoms with E-state index in [1.165, 1.54) is 10.6 Å². The summed E-state index contributed by atoms with van der Waals surface area (Å²) in [6.07, 6.45) is 2.29. The lowest BCUT2D eigenvalue weighted by molar-refractivity contribution is 0.112. The van der Waals surface area contributed by atoms with Gasteiger partial charge in [0.05, 0.1) is 5.69 Å². The fourth-order valence-electron chi connectivity index (χ4n) is 1.33. The van der Waals surface area contributed by atoms with Crippen molar-refractivity contribution in [2.75, 3.05) is 5.73 Å². The number of aldehydes is 1. The van der Waals surface area contributed by atoms with Crippen molar-refractivity contribution in [3.63, 3.8) is 0 Å². The summed E-state index contributed by atoms with van der Waals surface area (Å²) in [5.41, 5.74) is 6.13. The number of anilines is 1. The monoisotopic (exact) mass is 215 g/mol. The molecule has 0 radical (unpaired) electrons. The van der Waals surface area contributed by atoms with Gasteiger partial charge in [-0.3, -0.25) is 9.36 Å². The molecule has 2 aromatic rings. The highest BCUT2D eigenvalue weighted by Crippen LogP contribution is 2.06. The number of nitrogens with zero attached hydrogens (tertiary/aromatic N) is 2. The molecule has 0 unspecified atom stereocenters. The van der Waals surface area contributed by atoms with Gasteiger partial charge in [0, 0.05) is 11.8 Å². The second kappa shape index (κ2) is 3.98. The van der Waals surface area contributed by atoms with Crippen LogP contribution in [-0.4, -0.2) is 15.8 Å². The minimum Gasteiger partial charge on any atom is -0.383 e. The van der Waals surface area contributed by atoms with Gasteiger partial charge in [0.2, 0.25) is 0 Å². The average Bonchev–Trinajstić information content (AvgIpc) is 2.29. The van der Waals surface area contributed by atoms with E-state index in [2.05, 4.69) is 4.98 Å². The second-order valence-electron chi connectivity index (χ2n) is 3.21. The fraction of sp³-hybridized carbons (Fsp3) is 0. The van der Waals surface area contributed by atoms with E-state index in [0.29, 0.717) is 11.3 Å². The molecule has 2 N–H and O–H groups in total. The van der Waals surface area contributed by atoms with E-state index in [4.69, 9.17) is 5.73 Å². The van der Waals surface area contributed by atoms with Crippen molar-refractivity contribution in [3.05, 3.63) is 52.6 Å². The molecule has 1 heterocycles. The Balaban J connectivity index is 2.50. The van der Waals surface area contributed by atoms with Gasteiger partial charge >= 0.3 is 5.69 Å². The second-order valence-corrected chi connectivity index (χ2v) is 3.21. The van der Waals surface area contributed by atoms with Crippen molar-refractivity contribution < 1.29 is 4.79 Å². The summed E-state index contributed by atoms with van der Waals surface area (Å²) in [5, 5.41) is 0. The molecule has 1 aromatic heterocycles. The summed E-state index contributed by atoms with van der Waals surface area (Å²) in [7, 11) is 0. The van der Waals surface area contributed by atoms with E-state index < -0.39 is 5.69 Å². The zero-order valence-corrected chi connectivity index (χ0v) is 8.33. The van der Waals surface area contributed by atoms with Gasteiger partial charge in [0.25, 0.3) is 0 Å². The van der Waals surface area contributed by atoms with E-state index in [-0.39, 0.29) is 5.82 Å². The van der Waals surface area contributed by atoms with Crippen LogP contribution >= 0.6 is 0 Å². The summed E-state index contributed by atoms with van der Waals surface area (Å²) in [6, 6.07) is 8.14. The maximum atomic E-state index is 11.5. The van der Waals surface area contributed by atoms with Crippen LogP contribution in [0.4, 0.5) is 5.82 Å². The zero-order chi connectivity index (χ0) is 11.5. The van der Waals surface area contributed by atoms with Crippen molar-refractivity contribution >= 4 is 12.1 Å². The van der Waals surface area contributed by atoms with Gasteiger partial charge in [-0.25, -0.2) is 4.79 Å². The molecule has 5 nitrogen and oxygen atoms in total. The van der Waals surface area contributed by atoms with Crippen LogP contribution in [-0.2, 0) is 0 Å². The Labute approximate surface area is 91.2 Å². The standard InChI is InChI=1S/C11H9N3O2/c12-10-5-6-14(11(16)13-10)9-3-1-8(7-15)2-4-9/h1-7H,(H2,12,13,16). The van der Waals surface area contributed by atoms with E-state index in [9.17, 15) is 9.59 Å². The summed E-state index contributed by atoms with van der Waals surface area (Å²) < 4.78 is 1.35. The molecular weight excluding hydrogens is 206 g/mol. The van der Waals surface area contributed by atoms with Gasteiger partial charge in [-0.05, 0) is 30.3 Å². The maximum Gasteiger partial charge on any atom is 0.354 e. The number of hydrogen-bond donors (Lipinski definition) is 1. The van der Waals surface area contributed by atoms with Crippen molar-refractivity contribution in [2.24, 2.45) is 0 Å². The highest BCUT2D eigenvalue weighted by molar-refractivity contribution is 5.75. The molecule has 0 aliphatic carbocycles. The SMILES string of the molecule is Nc1ccn(-c2ccc(C=O)cc2)c(=O)n1. The summed E-state index contributed by atoms with van der Waals surface area (Å²) in [6.45, 7) is 0. The van der Waals surface area contributed by atoms with Gasteiger partial charge in [-0.15, -0.1) is 0 Å². The maximum absolute atomic E-state index is 11.5. The molecule has 0 amide bonds. The summed E-state index contributed by atoms with van der Waals surface area (Å²) >= 11 is 0. The molecule has 16 heavy (non-hydrogen) atoms. The minimum absolute atomic E-state index is 0.186. The van der Waals surface area contributed by atoms with Crippen LogP contribution in [0.25, 0.3) is 5.69 Å². The number of nitrogens with two attached hydrogens (primary N) is 1.